The third-order valence-electron chi connectivity index (χ3n) is 2.55. The van der Waals surface area contributed by atoms with Gasteiger partial charge in [-0.05, 0) is 6.92 Å². The van der Waals surface area contributed by atoms with Crippen LogP contribution in [0, 0.1) is 10.9 Å². The molecule has 0 bridgehead atoms. The van der Waals surface area contributed by atoms with Gasteiger partial charge in [-0.15, -0.1) is 5.11 Å². The fourth-order valence-electron chi connectivity index (χ4n) is 1.48. The number of nitrogens with zero attached hydrogens (tertiary/aromatic N) is 2. The van der Waals surface area contributed by atoms with Crippen LogP contribution in [0.2, 0.25) is 0 Å². The van der Waals surface area contributed by atoms with Crippen LogP contribution in [0.1, 0.15) is 20.8 Å². The van der Waals surface area contributed by atoms with E-state index in [0.717, 1.165) is 0 Å². The summed E-state index contributed by atoms with van der Waals surface area (Å²) in [7, 11) is 0. The molecule has 0 saturated carbocycles. The lowest BCUT2D eigenvalue weighted by Gasteiger charge is -2.28. The average molecular weight is 221 g/mol. The Kier molecular flexibility index (Phi) is 4.55. The fourth-order valence-corrected chi connectivity index (χ4v) is 1.48. The number of nitrogens with one attached hydrogen (secondary N) is 1. The summed E-state index contributed by atoms with van der Waals surface area (Å²) >= 11 is 0. The van der Waals surface area contributed by atoms with Crippen molar-refractivity contribution in [3.8, 4) is 0 Å². The number of allylic oxidation sites excluding steroid dienone is 2. The molecule has 0 aromatic rings. The van der Waals surface area contributed by atoms with E-state index >= 15 is 0 Å². The first-order valence-corrected chi connectivity index (χ1v) is 5.48. The van der Waals surface area contributed by atoms with Crippen molar-refractivity contribution >= 4 is 5.84 Å². The minimum atomic E-state index is -0.0308. The number of ether oxygens (including phenoxy) is 1. The van der Waals surface area contributed by atoms with Gasteiger partial charge in [0, 0.05) is 12.0 Å². The summed E-state index contributed by atoms with van der Waals surface area (Å²) in [4.78, 5) is 4.44. The highest BCUT2D eigenvalue weighted by atomic mass is 16.5. The molecule has 1 rings (SSSR count). The molecule has 0 heterocycles. The van der Waals surface area contributed by atoms with E-state index in [1.165, 1.54) is 0 Å². The first-order valence-electron chi connectivity index (χ1n) is 5.48. The molecule has 1 aliphatic carbocycles. The molecule has 0 fully saturated rings. The fraction of sp³-hybridized carbons (Fsp3) is 0.583. The van der Waals surface area contributed by atoms with Crippen molar-refractivity contribution in [2.45, 2.75) is 26.8 Å². The summed E-state index contributed by atoms with van der Waals surface area (Å²) in [5, 5.41) is 3.40. The molecule has 88 valence electrons. The van der Waals surface area contributed by atoms with Crippen LogP contribution in [0.15, 0.2) is 34.4 Å². The van der Waals surface area contributed by atoms with Crippen LogP contribution in [0.4, 0.5) is 0 Å². The molecular formula is C12H19N3O. The standard InChI is InChI=1S/C12H19N3O/c1-4-16-9-11(15-13)14-10-7-5-6-8-12(10,2)3/h5-8,10,13H,4,9H2,1-3H3. The normalized spacial score (nSPS) is 23.4. The van der Waals surface area contributed by atoms with E-state index in [2.05, 4.69) is 30.0 Å². The van der Waals surface area contributed by atoms with Gasteiger partial charge in [-0.25, -0.2) is 5.53 Å². The molecule has 0 spiro atoms. The summed E-state index contributed by atoms with van der Waals surface area (Å²) in [6, 6.07) is 0.0297. The predicted octanol–water partition coefficient (Wildman–Crippen LogP) is 2.97. The maximum Gasteiger partial charge on any atom is 0.172 e. The zero-order valence-corrected chi connectivity index (χ0v) is 10.1. The first-order chi connectivity index (χ1) is 7.60. The average Bonchev–Trinajstić information content (AvgIpc) is 2.26. The molecule has 4 nitrogen and oxygen atoms in total. The number of rotatable bonds is 4. The quantitative estimate of drug-likeness (QED) is 0.443. The van der Waals surface area contributed by atoms with Crippen molar-refractivity contribution in [1.29, 1.82) is 5.53 Å². The Hall–Kier alpha value is -1.29. The maximum atomic E-state index is 7.06. The largest absolute Gasteiger partial charge is 0.374 e. The smallest absolute Gasteiger partial charge is 0.172 e. The SMILES string of the molecule is CCOCC(N=N)=NC1C=CC=CC1(C)C. The van der Waals surface area contributed by atoms with Gasteiger partial charge in [-0.2, -0.15) is 0 Å². The molecule has 0 saturated heterocycles. The van der Waals surface area contributed by atoms with Crippen molar-refractivity contribution in [3.63, 3.8) is 0 Å². The summed E-state index contributed by atoms with van der Waals surface area (Å²) < 4.78 is 5.21. The van der Waals surface area contributed by atoms with Crippen molar-refractivity contribution in [3.05, 3.63) is 24.3 Å². The molecule has 16 heavy (non-hydrogen) atoms. The lowest BCUT2D eigenvalue weighted by Crippen LogP contribution is -2.27. The van der Waals surface area contributed by atoms with Gasteiger partial charge in [0.05, 0.1) is 6.04 Å². The Morgan fingerprint density at radius 3 is 2.75 bits per heavy atom. The number of amidine groups is 1. The van der Waals surface area contributed by atoms with Crippen LogP contribution >= 0.6 is 0 Å². The van der Waals surface area contributed by atoms with Gasteiger partial charge in [-0.3, -0.25) is 4.99 Å². The molecule has 1 N–H and O–H groups in total. The number of hydrogen-bond acceptors (Lipinski definition) is 3. The molecule has 0 aromatic heterocycles. The summed E-state index contributed by atoms with van der Waals surface area (Å²) in [5.41, 5.74) is 7.03. The summed E-state index contributed by atoms with van der Waals surface area (Å²) in [6.07, 6.45) is 8.13. The minimum absolute atomic E-state index is 0.0297. The Morgan fingerprint density at radius 2 is 2.19 bits per heavy atom. The zero-order chi connectivity index (χ0) is 12.0. The third kappa shape index (κ3) is 3.38. The molecule has 0 aliphatic heterocycles. The van der Waals surface area contributed by atoms with Crippen molar-refractivity contribution in [2.75, 3.05) is 13.2 Å². The second-order valence-corrected chi connectivity index (χ2v) is 4.30. The lowest BCUT2D eigenvalue weighted by molar-refractivity contribution is 0.186. The van der Waals surface area contributed by atoms with Crippen LogP contribution < -0.4 is 0 Å². The molecule has 4 heteroatoms. The molecule has 0 radical (unpaired) electrons. The molecule has 1 aliphatic rings. The minimum Gasteiger partial charge on any atom is -0.374 e. The van der Waals surface area contributed by atoms with Crippen LogP contribution in [0.3, 0.4) is 0 Å². The second-order valence-electron chi connectivity index (χ2n) is 4.30. The Labute approximate surface area is 96.6 Å². The molecule has 1 unspecified atom stereocenters. The van der Waals surface area contributed by atoms with Gasteiger partial charge in [0.15, 0.2) is 5.84 Å². The topological polar surface area (TPSA) is 57.8 Å². The van der Waals surface area contributed by atoms with E-state index in [1.807, 2.05) is 25.2 Å². The van der Waals surface area contributed by atoms with Gasteiger partial charge in [0.1, 0.15) is 6.61 Å². The zero-order valence-electron chi connectivity index (χ0n) is 10.1. The Morgan fingerprint density at radius 1 is 1.44 bits per heavy atom. The van der Waals surface area contributed by atoms with Crippen LogP contribution in [0.25, 0.3) is 0 Å². The van der Waals surface area contributed by atoms with Crippen molar-refractivity contribution in [2.24, 2.45) is 15.5 Å². The Balaban J connectivity index is 2.76. The first kappa shape index (κ1) is 12.8. The van der Waals surface area contributed by atoms with E-state index < -0.39 is 0 Å². The molecular weight excluding hydrogens is 202 g/mol. The van der Waals surface area contributed by atoms with Gasteiger partial charge >= 0.3 is 0 Å². The van der Waals surface area contributed by atoms with Crippen LogP contribution in [-0.2, 0) is 4.74 Å². The maximum absolute atomic E-state index is 7.06. The highest BCUT2D eigenvalue weighted by Gasteiger charge is 2.26. The monoisotopic (exact) mass is 221 g/mol. The molecule has 1 atom stereocenters. The second kappa shape index (κ2) is 5.70. The van der Waals surface area contributed by atoms with Gasteiger partial charge in [-0.1, -0.05) is 38.2 Å². The van der Waals surface area contributed by atoms with Gasteiger partial charge in [0.25, 0.3) is 0 Å². The van der Waals surface area contributed by atoms with Crippen molar-refractivity contribution < 1.29 is 4.74 Å². The van der Waals surface area contributed by atoms with Gasteiger partial charge < -0.3 is 4.74 Å². The van der Waals surface area contributed by atoms with E-state index in [1.54, 1.807) is 0 Å². The van der Waals surface area contributed by atoms with Crippen LogP contribution in [-0.4, -0.2) is 25.1 Å². The Bertz CT molecular complexity index is 329. The van der Waals surface area contributed by atoms with E-state index in [4.69, 9.17) is 10.3 Å². The van der Waals surface area contributed by atoms with Crippen LogP contribution in [0.5, 0.6) is 0 Å². The van der Waals surface area contributed by atoms with E-state index in [-0.39, 0.29) is 11.5 Å². The van der Waals surface area contributed by atoms with E-state index in [0.29, 0.717) is 19.0 Å². The number of aliphatic imine (C=N–C) groups is 1. The lowest BCUT2D eigenvalue weighted by atomic mass is 9.82. The molecule has 0 amide bonds. The van der Waals surface area contributed by atoms with Crippen molar-refractivity contribution in [1.82, 2.24) is 0 Å². The highest BCUT2D eigenvalue weighted by Crippen LogP contribution is 2.29. The number of hydrogen-bond donors (Lipinski definition) is 1. The predicted molar refractivity (Wildman–Crippen MR) is 64.9 cm³/mol. The summed E-state index contributed by atoms with van der Waals surface area (Å²) in [5.74, 6) is 0.444. The summed E-state index contributed by atoms with van der Waals surface area (Å²) in [6.45, 7) is 7.06. The molecule has 0 aromatic carbocycles. The van der Waals surface area contributed by atoms with Gasteiger partial charge in [0.2, 0.25) is 0 Å². The van der Waals surface area contributed by atoms with E-state index in [9.17, 15) is 0 Å². The third-order valence-corrected chi connectivity index (χ3v) is 2.55. The highest BCUT2D eigenvalue weighted by molar-refractivity contribution is 5.83.